The third-order valence-corrected chi connectivity index (χ3v) is 2.97. The summed E-state index contributed by atoms with van der Waals surface area (Å²) in [5.41, 5.74) is 6.27. The molecule has 2 nitrogen and oxygen atoms in total. The number of hydrogen-bond acceptors (Lipinski definition) is 2. The summed E-state index contributed by atoms with van der Waals surface area (Å²) in [5.74, 6) is 0.274. The third-order valence-electron chi connectivity index (χ3n) is 2.47. The summed E-state index contributed by atoms with van der Waals surface area (Å²) in [6.45, 7) is 4.23. The topological polar surface area (TPSA) is 29.3 Å². The van der Waals surface area contributed by atoms with Crippen LogP contribution in [0.4, 0.5) is 4.39 Å². The van der Waals surface area contributed by atoms with Crippen LogP contribution in [-0.4, -0.2) is 25.0 Å². The predicted molar refractivity (Wildman–Crippen MR) is 68.7 cm³/mol. The maximum absolute atomic E-state index is 13.5. The summed E-state index contributed by atoms with van der Waals surface area (Å²) in [7, 11) is 1.98. The van der Waals surface area contributed by atoms with Gasteiger partial charge >= 0.3 is 0 Å². The van der Waals surface area contributed by atoms with Crippen LogP contribution in [0.1, 0.15) is 12.5 Å². The quantitative estimate of drug-likeness (QED) is 0.903. The van der Waals surface area contributed by atoms with E-state index in [1.165, 1.54) is 6.07 Å². The number of nitrogens with zero attached hydrogens (tertiary/aromatic N) is 1. The normalized spacial score (nSPS) is 13.1. The van der Waals surface area contributed by atoms with Gasteiger partial charge in [0.1, 0.15) is 5.82 Å². The molecule has 0 saturated heterocycles. The SMILES string of the molecule is CC(CN)CN(C)Cc1cc(Br)ccc1F. The zero-order valence-electron chi connectivity index (χ0n) is 9.71. The van der Waals surface area contributed by atoms with Crippen molar-refractivity contribution in [2.75, 3.05) is 20.1 Å². The second kappa shape index (κ2) is 6.33. The second-order valence-corrected chi connectivity index (χ2v) is 5.19. The van der Waals surface area contributed by atoms with E-state index in [1.807, 2.05) is 13.1 Å². The molecule has 0 bridgehead atoms. The van der Waals surface area contributed by atoms with E-state index >= 15 is 0 Å². The zero-order chi connectivity index (χ0) is 12.1. The Balaban J connectivity index is 2.61. The molecule has 0 heterocycles. The molecule has 0 aliphatic heterocycles. The van der Waals surface area contributed by atoms with Crippen molar-refractivity contribution >= 4 is 15.9 Å². The van der Waals surface area contributed by atoms with Crippen LogP contribution in [0.15, 0.2) is 22.7 Å². The first-order chi connectivity index (χ1) is 7.52. The van der Waals surface area contributed by atoms with Crippen molar-refractivity contribution in [2.45, 2.75) is 13.5 Å². The van der Waals surface area contributed by atoms with Gasteiger partial charge in [0, 0.05) is 23.1 Å². The summed E-state index contributed by atoms with van der Waals surface area (Å²) in [6.07, 6.45) is 0. The monoisotopic (exact) mass is 288 g/mol. The molecule has 2 N–H and O–H groups in total. The molecular formula is C12H18BrFN2. The van der Waals surface area contributed by atoms with Gasteiger partial charge in [-0.2, -0.15) is 0 Å². The Hall–Kier alpha value is -0.450. The van der Waals surface area contributed by atoms with Gasteiger partial charge in [0.2, 0.25) is 0 Å². The predicted octanol–water partition coefficient (Wildman–Crippen LogP) is 2.61. The van der Waals surface area contributed by atoms with E-state index < -0.39 is 0 Å². The highest BCUT2D eigenvalue weighted by Crippen LogP contribution is 2.17. The van der Waals surface area contributed by atoms with E-state index in [0.29, 0.717) is 24.6 Å². The molecule has 0 aliphatic carbocycles. The van der Waals surface area contributed by atoms with E-state index in [0.717, 1.165) is 11.0 Å². The smallest absolute Gasteiger partial charge is 0.127 e. The lowest BCUT2D eigenvalue weighted by Gasteiger charge is -2.20. The highest BCUT2D eigenvalue weighted by molar-refractivity contribution is 9.10. The molecule has 1 aromatic carbocycles. The van der Waals surface area contributed by atoms with Crippen LogP contribution in [-0.2, 0) is 6.54 Å². The molecule has 0 fully saturated rings. The van der Waals surface area contributed by atoms with Crippen LogP contribution >= 0.6 is 15.9 Å². The zero-order valence-corrected chi connectivity index (χ0v) is 11.3. The molecule has 0 aliphatic rings. The van der Waals surface area contributed by atoms with E-state index in [2.05, 4.69) is 27.8 Å². The van der Waals surface area contributed by atoms with Crippen LogP contribution in [0, 0.1) is 11.7 Å². The summed E-state index contributed by atoms with van der Waals surface area (Å²) < 4.78 is 14.4. The molecule has 16 heavy (non-hydrogen) atoms. The molecule has 1 unspecified atom stereocenters. The first kappa shape index (κ1) is 13.6. The Kier molecular flexibility index (Phi) is 5.38. The van der Waals surface area contributed by atoms with Crippen LogP contribution < -0.4 is 5.73 Å². The fourth-order valence-electron chi connectivity index (χ4n) is 1.63. The Morgan fingerprint density at radius 3 is 2.81 bits per heavy atom. The van der Waals surface area contributed by atoms with Crippen molar-refractivity contribution in [3.05, 3.63) is 34.1 Å². The summed E-state index contributed by atoms with van der Waals surface area (Å²) >= 11 is 3.35. The van der Waals surface area contributed by atoms with Gasteiger partial charge in [-0.1, -0.05) is 22.9 Å². The molecule has 1 aromatic rings. The van der Waals surface area contributed by atoms with E-state index in [-0.39, 0.29) is 5.82 Å². The molecule has 0 amide bonds. The van der Waals surface area contributed by atoms with Gasteiger partial charge < -0.3 is 10.6 Å². The fraction of sp³-hybridized carbons (Fsp3) is 0.500. The molecule has 1 rings (SSSR count). The van der Waals surface area contributed by atoms with Gasteiger partial charge in [-0.05, 0) is 37.7 Å². The van der Waals surface area contributed by atoms with Crippen molar-refractivity contribution in [1.29, 1.82) is 0 Å². The number of rotatable bonds is 5. The van der Waals surface area contributed by atoms with Gasteiger partial charge in [-0.15, -0.1) is 0 Å². The van der Waals surface area contributed by atoms with Gasteiger partial charge in [-0.25, -0.2) is 4.39 Å². The van der Waals surface area contributed by atoms with E-state index in [4.69, 9.17) is 5.73 Å². The Bertz CT molecular complexity index is 344. The Labute approximate surface area is 105 Å². The second-order valence-electron chi connectivity index (χ2n) is 4.27. The molecular weight excluding hydrogens is 271 g/mol. The minimum Gasteiger partial charge on any atom is -0.330 e. The molecule has 0 spiro atoms. The van der Waals surface area contributed by atoms with Gasteiger partial charge in [0.25, 0.3) is 0 Å². The molecule has 0 saturated carbocycles. The van der Waals surface area contributed by atoms with Crippen LogP contribution in [0.3, 0.4) is 0 Å². The van der Waals surface area contributed by atoms with Gasteiger partial charge in [0.15, 0.2) is 0 Å². The largest absolute Gasteiger partial charge is 0.330 e. The number of nitrogens with two attached hydrogens (primary N) is 1. The fourth-order valence-corrected chi connectivity index (χ4v) is 2.03. The summed E-state index contributed by atoms with van der Waals surface area (Å²) in [5, 5.41) is 0. The maximum Gasteiger partial charge on any atom is 0.127 e. The number of benzene rings is 1. The highest BCUT2D eigenvalue weighted by Gasteiger charge is 2.08. The lowest BCUT2D eigenvalue weighted by Crippen LogP contribution is -2.28. The summed E-state index contributed by atoms with van der Waals surface area (Å²) in [6, 6.07) is 5.01. The molecule has 0 aromatic heterocycles. The highest BCUT2D eigenvalue weighted by atomic mass is 79.9. The lowest BCUT2D eigenvalue weighted by molar-refractivity contribution is 0.278. The molecule has 4 heteroatoms. The van der Waals surface area contributed by atoms with E-state index in [9.17, 15) is 4.39 Å². The number of halogens is 2. The first-order valence-electron chi connectivity index (χ1n) is 5.35. The van der Waals surface area contributed by atoms with Crippen LogP contribution in [0.5, 0.6) is 0 Å². The first-order valence-corrected chi connectivity index (χ1v) is 6.14. The Morgan fingerprint density at radius 2 is 2.19 bits per heavy atom. The van der Waals surface area contributed by atoms with Crippen molar-refractivity contribution < 1.29 is 4.39 Å². The Morgan fingerprint density at radius 1 is 1.50 bits per heavy atom. The minimum atomic E-state index is -0.157. The molecule has 90 valence electrons. The van der Waals surface area contributed by atoms with Crippen LogP contribution in [0.25, 0.3) is 0 Å². The van der Waals surface area contributed by atoms with Gasteiger partial charge in [0.05, 0.1) is 0 Å². The van der Waals surface area contributed by atoms with Crippen molar-refractivity contribution in [1.82, 2.24) is 4.90 Å². The van der Waals surface area contributed by atoms with Crippen molar-refractivity contribution in [3.63, 3.8) is 0 Å². The third kappa shape index (κ3) is 4.20. The number of hydrogen-bond donors (Lipinski definition) is 1. The van der Waals surface area contributed by atoms with Gasteiger partial charge in [-0.3, -0.25) is 0 Å². The summed E-state index contributed by atoms with van der Waals surface area (Å²) in [4.78, 5) is 2.09. The maximum atomic E-state index is 13.5. The average Bonchev–Trinajstić information content (AvgIpc) is 2.23. The molecule has 1 atom stereocenters. The van der Waals surface area contributed by atoms with E-state index in [1.54, 1.807) is 6.07 Å². The lowest BCUT2D eigenvalue weighted by atomic mass is 10.1. The standard InChI is InChI=1S/C12H18BrFN2/c1-9(6-15)7-16(2)8-10-5-11(13)3-4-12(10)14/h3-5,9H,6-8,15H2,1-2H3. The minimum absolute atomic E-state index is 0.157. The van der Waals surface area contributed by atoms with Crippen molar-refractivity contribution in [2.24, 2.45) is 11.7 Å². The van der Waals surface area contributed by atoms with Crippen molar-refractivity contribution in [3.8, 4) is 0 Å². The van der Waals surface area contributed by atoms with Crippen LogP contribution in [0.2, 0.25) is 0 Å². The average molecular weight is 289 g/mol. The molecule has 0 radical (unpaired) electrons.